The van der Waals surface area contributed by atoms with E-state index < -0.39 is 11.0 Å². The summed E-state index contributed by atoms with van der Waals surface area (Å²) in [7, 11) is 0.0923. The first kappa shape index (κ1) is 23.7. The number of ether oxygens (including phenoxy) is 1. The van der Waals surface area contributed by atoms with E-state index in [1.54, 1.807) is 30.1 Å². The third-order valence-electron chi connectivity index (χ3n) is 5.30. The lowest BCUT2D eigenvalue weighted by molar-refractivity contribution is -0.136. The molecule has 2 aliphatic rings. The van der Waals surface area contributed by atoms with Crippen LogP contribution in [-0.4, -0.2) is 65.8 Å². The SMILES string of the molecule is CNS(=O)c1cc(Cl)ccc1OCC(=O)N1CCN(CC2=CC=C(F)C=CC2)C(C)C1. The summed E-state index contributed by atoms with van der Waals surface area (Å²) in [6, 6.07) is 4.99. The zero-order valence-corrected chi connectivity index (χ0v) is 19.2. The summed E-state index contributed by atoms with van der Waals surface area (Å²) in [6.07, 6.45) is 7.38. The molecule has 1 aliphatic heterocycles. The summed E-state index contributed by atoms with van der Waals surface area (Å²) in [5, 5.41) is 0.444. The molecule has 1 heterocycles. The molecule has 2 atom stereocenters. The van der Waals surface area contributed by atoms with Gasteiger partial charge in [-0.05, 0) is 50.7 Å². The fourth-order valence-electron chi connectivity index (χ4n) is 3.57. The van der Waals surface area contributed by atoms with Crippen LogP contribution in [0.3, 0.4) is 0 Å². The molecule has 1 aromatic carbocycles. The molecule has 168 valence electrons. The highest BCUT2D eigenvalue weighted by Crippen LogP contribution is 2.25. The number of amides is 1. The Morgan fingerprint density at radius 1 is 1.35 bits per heavy atom. The quantitative estimate of drug-likeness (QED) is 0.668. The fraction of sp³-hybridized carbons (Fsp3) is 0.409. The van der Waals surface area contributed by atoms with E-state index in [0.29, 0.717) is 28.8 Å². The molecule has 6 nitrogen and oxygen atoms in total. The van der Waals surface area contributed by atoms with Crippen molar-refractivity contribution in [2.45, 2.75) is 24.3 Å². The number of nitrogens with zero attached hydrogens (tertiary/aromatic N) is 2. The lowest BCUT2D eigenvalue weighted by atomic mass is 10.1. The van der Waals surface area contributed by atoms with Crippen LogP contribution in [0, 0.1) is 0 Å². The van der Waals surface area contributed by atoms with Crippen molar-refractivity contribution in [3.8, 4) is 5.75 Å². The van der Waals surface area contributed by atoms with Crippen molar-refractivity contribution in [1.29, 1.82) is 0 Å². The lowest BCUT2D eigenvalue weighted by Crippen LogP contribution is -2.54. The van der Waals surface area contributed by atoms with E-state index in [2.05, 4.69) is 16.5 Å². The van der Waals surface area contributed by atoms with Crippen molar-refractivity contribution >= 4 is 28.5 Å². The highest BCUT2D eigenvalue weighted by atomic mass is 35.5. The monoisotopic (exact) mass is 467 g/mol. The van der Waals surface area contributed by atoms with Crippen LogP contribution in [0.25, 0.3) is 0 Å². The molecule has 0 saturated carbocycles. The molecule has 1 N–H and O–H groups in total. The van der Waals surface area contributed by atoms with E-state index in [1.165, 1.54) is 12.2 Å². The first-order chi connectivity index (χ1) is 14.9. The first-order valence-corrected chi connectivity index (χ1v) is 11.6. The van der Waals surface area contributed by atoms with Gasteiger partial charge in [0, 0.05) is 37.2 Å². The Hall–Kier alpha value is -2.00. The Morgan fingerprint density at radius 2 is 2.16 bits per heavy atom. The number of allylic oxidation sites excluding steroid dienone is 5. The number of piperazine rings is 1. The minimum atomic E-state index is -1.48. The predicted molar refractivity (Wildman–Crippen MR) is 121 cm³/mol. The molecule has 31 heavy (non-hydrogen) atoms. The van der Waals surface area contributed by atoms with E-state index in [4.69, 9.17) is 16.3 Å². The topological polar surface area (TPSA) is 61.9 Å². The van der Waals surface area contributed by atoms with Gasteiger partial charge in [0.1, 0.15) is 22.6 Å². The van der Waals surface area contributed by atoms with Gasteiger partial charge in [0.25, 0.3) is 5.91 Å². The van der Waals surface area contributed by atoms with Crippen molar-refractivity contribution in [1.82, 2.24) is 14.5 Å². The Morgan fingerprint density at radius 3 is 2.90 bits per heavy atom. The number of hydrogen-bond donors (Lipinski definition) is 1. The molecular weight excluding hydrogens is 441 g/mol. The van der Waals surface area contributed by atoms with Gasteiger partial charge in [0.2, 0.25) is 0 Å². The number of halogens is 2. The minimum Gasteiger partial charge on any atom is -0.482 e. The fourth-order valence-corrected chi connectivity index (χ4v) is 4.57. The molecule has 0 bridgehead atoms. The Balaban J connectivity index is 1.54. The van der Waals surface area contributed by atoms with Gasteiger partial charge in [-0.1, -0.05) is 29.3 Å². The highest BCUT2D eigenvalue weighted by molar-refractivity contribution is 7.83. The molecule has 0 aromatic heterocycles. The summed E-state index contributed by atoms with van der Waals surface area (Å²) in [5.74, 6) is 0.0101. The third-order valence-corrected chi connectivity index (χ3v) is 6.63. The molecule has 1 saturated heterocycles. The first-order valence-electron chi connectivity index (χ1n) is 10.1. The van der Waals surface area contributed by atoms with Gasteiger partial charge >= 0.3 is 0 Å². The third kappa shape index (κ3) is 6.49. The molecular formula is C22H27ClFN3O3S. The predicted octanol–water partition coefficient (Wildman–Crippen LogP) is 3.23. The number of benzene rings is 1. The molecule has 1 amide bonds. The van der Waals surface area contributed by atoms with Crippen molar-refractivity contribution in [3.63, 3.8) is 0 Å². The lowest BCUT2D eigenvalue weighted by Gasteiger charge is -2.40. The van der Waals surface area contributed by atoms with Crippen molar-refractivity contribution in [3.05, 3.63) is 58.9 Å². The Bertz CT molecular complexity index is 935. The van der Waals surface area contributed by atoms with Gasteiger partial charge in [0.15, 0.2) is 6.61 Å². The molecule has 2 unspecified atom stereocenters. The number of carbonyl (C=O) groups excluding carboxylic acids is 1. The second-order valence-electron chi connectivity index (χ2n) is 7.49. The van der Waals surface area contributed by atoms with Crippen LogP contribution < -0.4 is 9.46 Å². The van der Waals surface area contributed by atoms with Crippen molar-refractivity contribution in [2.75, 3.05) is 39.8 Å². The largest absolute Gasteiger partial charge is 0.482 e. The van der Waals surface area contributed by atoms with Gasteiger partial charge in [-0.15, -0.1) is 0 Å². The maximum Gasteiger partial charge on any atom is 0.260 e. The van der Waals surface area contributed by atoms with Crippen molar-refractivity contribution in [2.24, 2.45) is 0 Å². The number of carbonyl (C=O) groups is 1. The number of hydrogen-bond acceptors (Lipinski definition) is 4. The van der Waals surface area contributed by atoms with Gasteiger partial charge in [-0.2, -0.15) is 0 Å². The van der Waals surface area contributed by atoms with E-state index in [9.17, 15) is 13.4 Å². The maximum atomic E-state index is 13.3. The van der Waals surface area contributed by atoms with Crippen LogP contribution in [-0.2, 0) is 15.8 Å². The molecule has 1 aromatic rings. The van der Waals surface area contributed by atoms with Crippen molar-refractivity contribution < 1.29 is 18.1 Å². The van der Waals surface area contributed by atoms with Crippen LogP contribution in [0.15, 0.2) is 58.8 Å². The average molecular weight is 468 g/mol. The summed E-state index contributed by atoms with van der Waals surface area (Å²) < 4.78 is 33.8. The van der Waals surface area contributed by atoms with Gasteiger partial charge in [0.05, 0.1) is 4.90 Å². The van der Waals surface area contributed by atoms with Crippen LogP contribution in [0.1, 0.15) is 13.3 Å². The second kappa shape index (κ2) is 11.0. The van der Waals surface area contributed by atoms with Gasteiger partial charge in [-0.3, -0.25) is 9.69 Å². The molecule has 1 fully saturated rings. The van der Waals surface area contributed by atoms with E-state index in [0.717, 1.165) is 25.1 Å². The van der Waals surface area contributed by atoms with Crippen LogP contribution in [0.5, 0.6) is 5.75 Å². The summed E-state index contributed by atoms with van der Waals surface area (Å²) >= 11 is 5.99. The van der Waals surface area contributed by atoms with Crippen LogP contribution >= 0.6 is 11.6 Å². The molecule has 0 radical (unpaired) electrons. The van der Waals surface area contributed by atoms with Gasteiger partial charge < -0.3 is 9.64 Å². The van der Waals surface area contributed by atoms with Gasteiger partial charge in [-0.25, -0.2) is 13.3 Å². The minimum absolute atomic E-state index is 0.121. The zero-order chi connectivity index (χ0) is 22.4. The maximum absolute atomic E-state index is 13.3. The summed E-state index contributed by atoms with van der Waals surface area (Å²) in [5.41, 5.74) is 1.15. The zero-order valence-electron chi connectivity index (χ0n) is 17.6. The summed E-state index contributed by atoms with van der Waals surface area (Å²) in [6.45, 7) is 4.61. The smallest absolute Gasteiger partial charge is 0.260 e. The molecule has 1 aliphatic carbocycles. The van der Waals surface area contributed by atoms with E-state index in [1.807, 2.05) is 12.2 Å². The molecule has 0 spiro atoms. The van der Waals surface area contributed by atoms with Crippen LogP contribution in [0.4, 0.5) is 4.39 Å². The van der Waals surface area contributed by atoms with E-state index >= 15 is 0 Å². The standard InChI is InChI=1S/C22H27ClFN3O3S/c1-16-13-27(11-10-26(16)14-17-4-3-5-19(24)8-6-17)22(28)15-30-20-9-7-18(23)12-21(20)31(29)25-2/h3,5-9,12,16,25H,4,10-11,13-15H2,1-2H3. The summed E-state index contributed by atoms with van der Waals surface area (Å²) in [4.78, 5) is 17.2. The molecule has 3 rings (SSSR count). The number of nitrogens with one attached hydrogen (secondary N) is 1. The van der Waals surface area contributed by atoms with E-state index in [-0.39, 0.29) is 24.4 Å². The second-order valence-corrected chi connectivity index (χ2v) is 9.32. The Labute approximate surface area is 190 Å². The normalized spacial score (nSPS) is 20.6. The Kier molecular flexibility index (Phi) is 8.43. The highest BCUT2D eigenvalue weighted by Gasteiger charge is 2.27. The number of rotatable bonds is 7. The average Bonchev–Trinajstić information content (AvgIpc) is 2.97. The molecule has 9 heteroatoms. The van der Waals surface area contributed by atoms with Crippen LogP contribution in [0.2, 0.25) is 5.02 Å².